The molecule has 0 atom stereocenters. The van der Waals surface area contributed by atoms with Gasteiger partial charge in [-0.15, -0.1) is 0 Å². The van der Waals surface area contributed by atoms with Gasteiger partial charge < -0.3 is 4.74 Å². The normalized spacial score (nSPS) is 11.6. The molecule has 0 aromatic carbocycles. The second-order valence-electron chi connectivity index (χ2n) is 6.59. The maximum absolute atomic E-state index is 5.56. The Bertz CT molecular complexity index is 439. The Morgan fingerprint density at radius 2 is 1.36 bits per heavy atom. The number of ether oxygens (including phenoxy) is 1. The first kappa shape index (κ1) is 21.5. The minimum atomic E-state index is 0.709. The first-order chi connectivity index (χ1) is 12.4. The lowest BCUT2D eigenvalue weighted by molar-refractivity contribution is 0.312. The third kappa shape index (κ3) is 14.5. The molecule has 140 valence electrons. The minimum Gasteiger partial charge on any atom is -0.477 e. The van der Waals surface area contributed by atoms with Crippen LogP contribution in [-0.4, -0.2) is 11.6 Å². The Hall–Kier alpha value is -1.57. The van der Waals surface area contributed by atoms with Crippen molar-refractivity contribution in [2.45, 2.75) is 84.0 Å². The summed E-state index contributed by atoms with van der Waals surface area (Å²) in [5, 5.41) is 0. The van der Waals surface area contributed by atoms with Crippen molar-refractivity contribution in [2.75, 3.05) is 6.61 Å². The number of pyridine rings is 1. The molecule has 0 unspecified atom stereocenters. The van der Waals surface area contributed by atoms with E-state index >= 15 is 0 Å². The summed E-state index contributed by atoms with van der Waals surface area (Å²) in [4.78, 5) is 4.14. The van der Waals surface area contributed by atoms with Gasteiger partial charge in [0.1, 0.15) is 0 Å². The van der Waals surface area contributed by atoms with Crippen molar-refractivity contribution in [1.82, 2.24) is 4.98 Å². The highest BCUT2D eigenvalue weighted by Gasteiger charge is 1.92. The van der Waals surface area contributed by atoms with Crippen LogP contribution < -0.4 is 4.74 Å². The zero-order valence-electron chi connectivity index (χ0n) is 16.2. The average molecular weight is 344 g/mol. The third-order valence-corrected chi connectivity index (χ3v) is 4.22. The Morgan fingerprint density at radius 1 is 0.760 bits per heavy atom. The van der Waals surface area contributed by atoms with Gasteiger partial charge in [-0.1, -0.05) is 75.8 Å². The molecule has 0 aliphatic rings. The number of aromatic nitrogens is 1. The molecule has 0 spiro atoms. The first-order valence-corrected chi connectivity index (χ1v) is 10.3. The quantitative estimate of drug-likeness (QED) is 0.232. The molecule has 0 N–H and O–H groups in total. The fraction of sp³-hybridized carbons (Fsp3) is 0.609. The molecule has 0 amide bonds. The van der Waals surface area contributed by atoms with E-state index in [1.807, 2.05) is 18.2 Å². The Morgan fingerprint density at radius 3 is 1.96 bits per heavy atom. The Kier molecular flexibility index (Phi) is 14.8. The van der Waals surface area contributed by atoms with Gasteiger partial charge in [0.05, 0.1) is 6.61 Å². The van der Waals surface area contributed by atoms with Crippen molar-refractivity contribution < 1.29 is 4.74 Å². The van der Waals surface area contributed by atoms with E-state index < -0.39 is 0 Å². The maximum atomic E-state index is 5.56. The molecule has 2 heteroatoms. The van der Waals surface area contributed by atoms with Gasteiger partial charge >= 0.3 is 0 Å². The third-order valence-electron chi connectivity index (χ3n) is 4.22. The number of allylic oxidation sites excluding steroid dienone is 3. The summed E-state index contributed by atoms with van der Waals surface area (Å²) in [6, 6.07) is 5.74. The van der Waals surface area contributed by atoms with Crippen molar-refractivity contribution in [3.8, 4) is 5.88 Å². The summed E-state index contributed by atoms with van der Waals surface area (Å²) in [7, 11) is 0. The van der Waals surface area contributed by atoms with Crippen LogP contribution in [0.5, 0.6) is 5.88 Å². The number of unbranched alkanes of at least 4 members (excludes halogenated alkanes) is 9. The first-order valence-electron chi connectivity index (χ1n) is 10.3. The van der Waals surface area contributed by atoms with Crippen LogP contribution in [0.2, 0.25) is 0 Å². The molecule has 25 heavy (non-hydrogen) atoms. The number of hydrogen-bond donors (Lipinski definition) is 0. The molecule has 0 aliphatic carbocycles. The molecule has 1 heterocycles. The largest absolute Gasteiger partial charge is 0.477 e. The van der Waals surface area contributed by atoms with Gasteiger partial charge in [0.25, 0.3) is 0 Å². The van der Waals surface area contributed by atoms with Crippen molar-refractivity contribution in [3.05, 3.63) is 48.7 Å². The van der Waals surface area contributed by atoms with E-state index in [0.717, 1.165) is 6.42 Å². The highest BCUT2D eigenvalue weighted by molar-refractivity contribution is 5.09. The molecular formula is C23H37NO. The van der Waals surface area contributed by atoms with Crippen LogP contribution in [0.15, 0.2) is 48.7 Å². The van der Waals surface area contributed by atoms with Gasteiger partial charge in [-0.05, 0) is 44.6 Å². The van der Waals surface area contributed by atoms with E-state index in [9.17, 15) is 0 Å². The zero-order valence-corrected chi connectivity index (χ0v) is 16.2. The number of nitrogens with zero attached hydrogens (tertiary/aromatic N) is 1. The number of hydrogen-bond acceptors (Lipinski definition) is 2. The molecule has 0 bridgehead atoms. The van der Waals surface area contributed by atoms with Gasteiger partial charge in [-0.25, -0.2) is 4.98 Å². The molecule has 1 aromatic rings. The summed E-state index contributed by atoms with van der Waals surface area (Å²) in [5.74, 6) is 0.715. The Balaban J connectivity index is 1.79. The van der Waals surface area contributed by atoms with E-state index in [-0.39, 0.29) is 0 Å². The SMILES string of the molecule is CCCC/C=C\CCCCCCCC/C=C\CCOc1ccccn1. The van der Waals surface area contributed by atoms with Crippen LogP contribution in [0.4, 0.5) is 0 Å². The molecule has 1 aromatic heterocycles. The summed E-state index contributed by atoms with van der Waals surface area (Å²) < 4.78 is 5.56. The minimum absolute atomic E-state index is 0.709. The highest BCUT2D eigenvalue weighted by atomic mass is 16.5. The second-order valence-corrected chi connectivity index (χ2v) is 6.59. The second kappa shape index (κ2) is 17.3. The van der Waals surface area contributed by atoms with Crippen LogP contribution in [0.25, 0.3) is 0 Å². The summed E-state index contributed by atoms with van der Waals surface area (Å²) >= 11 is 0. The molecule has 0 saturated heterocycles. The van der Waals surface area contributed by atoms with Crippen molar-refractivity contribution in [2.24, 2.45) is 0 Å². The lowest BCUT2D eigenvalue weighted by Gasteiger charge is -2.02. The fourth-order valence-electron chi connectivity index (χ4n) is 2.69. The van der Waals surface area contributed by atoms with E-state index in [4.69, 9.17) is 4.74 Å². The molecule has 0 aliphatic heterocycles. The van der Waals surface area contributed by atoms with Gasteiger partial charge in [-0.2, -0.15) is 0 Å². The summed E-state index contributed by atoms with van der Waals surface area (Å²) in [5.41, 5.74) is 0. The summed E-state index contributed by atoms with van der Waals surface area (Å²) in [6.45, 7) is 2.96. The number of rotatable bonds is 16. The Labute approximate surface area is 155 Å². The van der Waals surface area contributed by atoms with Gasteiger partial charge in [-0.3, -0.25) is 0 Å². The topological polar surface area (TPSA) is 22.1 Å². The van der Waals surface area contributed by atoms with Crippen LogP contribution in [0.3, 0.4) is 0 Å². The van der Waals surface area contributed by atoms with E-state index in [1.54, 1.807) is 6.20 Å². The average Bonchev–Trinajstić information content (AvgIpc) is 2.65. The highest BCUT2D eigenvalue weighted by Crippen LogP contribution is 2.10. The van der Waals surface area contributed by atoms with E-state index in [2.05, 4.69) is 36.2 Å². The van der Waals surface area contributed by atoms with Gasteiger partial charge in [0.2, 0.25) is 5.88 Å². The van der Waals surface area contributed by atoms with Crippen LogP contribution >= 0.6 is 0 Å². The molecule has 0 fully saturated rings. The monoisotopic (exact) mass is 343 g/mol. The zero-order chi connectivity index (χ0) is 17.8. The smallest absolute Gasteiger partial charge is 0.213 e. The molecule has 0 radical (unpaired) electrons. The van der Waals surface area contributed by atoms with Gasteiger partial charge in [0.15, 0.2) is 0 Å². The van der Waals surface area contributed by atoms with Gasteiger partial charge in [0, 0.05) is 12.3 Å². The molecule has 2 nitrogen and oxygen atoms in total. The molecular weight excluding hydrogens is 306 g/mol. The summed E-state index contributed by atoms with van der Waals surface area (Å²) in [6.07, 6.45) is 26.5. The van der Waals surface area contributed by atoms with Crippen molar-refractivity contribution >= 4 is 0 Å². The van der Waals surface area contributed by atoms with Crippen molar-refractivity contribution in [1.29, 1.82) is 0 Å². The van der Waals surface area contributed by atoms with Crippen LogP contribution in [0, 0.1) is 0 Å². The lowest BCUT2D eigenvalue weighted by Crippen LogP contribution is -1.96. The van der Waals surface area contributed by atoms with E-state index in [0.29, 0.717) is 12.5 Å². The van der Waals surface area contributed by atoms with Crippen LogP contribution in [-0.2, 0) is 0 Å². The maximum Gasteiger partial charge on any atom is 0.213 e. The lowest BCUT2D eigenvalue weighted by atomic mass is 10.1. The molecule has 1 rings (SSSR count). The standard InChI is InChI=1S/C23H37NO/c1-2-3-4-5-6-7-8-9-10-11-12-13-14-15-16-19-22-25-23-20-17-18-21-24-23/h5-6,15-18,20-21H,2-4,7-14,19,22H2,1H3/b6-5-,16-15-. The van der Waals surface area contributed by atoms with E-state index in [1.165, 1.54) is 70.6 Å². The predicted molar refractivity (Wildman–Crippen MR) is 109 cm³/mol. The molecule has 0 saturated carbocycles. The van der Waals surface area contributed by atoms with Crippen LogP contribution in [0.1, 0.15) is 84.0 Å². The van der Waals surface area contributed by atoms with Crippen molar-refractivity contribution in [3.63, 3.8) is 0 Å². The fourth-order valence-corrected chi connectivity index (χ4v) is 2.69. The predicted octanol–water partition coefficient (Wildman–Crippen LogP) is 7.27.